The predicted octanol–water partition coefficient (Wildman–Crippen LogP) is 13.5. The van der Waals surface area contributed by atoms with Crippen molar-refractivity contribution in [3.8, 4) is 0 Å². The molecule has 0 spiro atoms. The normalized spacial score (nSPS) is 15.8. The molecule has 58 heavy (non-hydrogen) atoms. The van der Waals surface area contributed by atoms with Crippen LogP contribution in [0.3, 0.4) is 0 Å². The lowest BCUT2D eigenvalue weighted by Crippen LogP contribution is -2.45. The topological polar surface area (TPSA) is 83.0 Å². The van der Waals surface area contributed by atoms with E-state index in [0.29, 0.717) is 33.3 Å². The molecular formula is C46H66Cl4N2O4Si2. The van der Waals surface area contributed by atoms with E-state index in [-0.39, 0.29) is 34.2 Å². The van der Waals surface area contributed by atoms with Gasteiger partial charge < -0.3 is 29.7 Å². The lowest BCUT2D eigenvalue weighted by Gasteiger charge is -2.37. The second-order valence-corrected chi connectivity index (χ2v) is 29.7. The van der Waals surface area contributed by atoms with E-state index in [1.54, 1.807) is 24.3 Å². The van der Waals surface area contributed by atoms with Crippen LogP contribution in [0.2, 0.25) is 56.4 Å². The Kier molecular flexibility index (Phi) is 19.1. The van der Waals surface area contributed by atoms with Gasteiger partial charge in [-0.05, 0) is 121 Å². The SMILES string of the molecule is C[C@@H](CO[Si](C)(C)C(C)(C)C)N[C@H](c1ccc(Cl)cc1)[C@H](O)c1cccc(Cl)c1.C[C@H](CO[Si](C)(C)C(C)(C)C)N[C@H](c1ccc(Cl)cc1)[C@H](O)c1cccc(Cl)c1. The summed E-state index contributed by atoms with van der Waals surface area (Å²) in [5.41, 5.74) is 3.45. The van der Waals surface area contributed by atoms with Gasteiger partial charge in [-0.15, -0.1) is 0 Å². The van der Waals surface area contributed by atoms with Crippen LogP contribution in [0.5, 0.6) is 0 Å². The molecule has 4 aromatic rings. The fourth-order valence-corrected chi connectivity index (χ4v) is 8.50. The molecule has 4 N–H and O–H groups in total. The Morgan fingerprint density at radius 2 is 0.810 bits per heavy atom. The van der Waals surface area contributed by atoms with E-state index in [1.165, 1.54) is 0 Å². The average Bonchev–Trinajstić information content (AvgIpc) is 3.14. The quantitative estimate of drug-likeness (QED) is 0.0839. The van der Waals surface area contributed by atoms with E-state index in [1.807, 2.05) is 72.8 Å². The zero-order valence-electron chi connectivity index (χ0n) is 36.3. The summed E-state index contributed by atoms with van der Waals surface area (Å²) in [5, 5.41) is 32.3. The molecule has 0 aliphatic heterocycles. The van der Waals surface area contributed by atoms with Crippen LogP contribution < -0.4 is 10.6 Å². The summed E-state index contributed by atoms with van der Waals surface area (Å²) in [6, 6.07) is 29.3. The van der Waals surface area contributed by atoms with Gasteiger partial charge in [0.25, 0.3) is 0 Å². The number of halogens is 4. The Hall–Kier alpha value is -1.77. The molecule has 12 heteroatoms. The van der Waals surface area contributed by atoms with Gasteiger partial charge in [-0.2, -0.15) is 0 Å². The zero-order valence-corrected chi connectivity index (χ0v) is 41.4. The molecule has 0 aromatic heterocycles. The van der Waals surface area contributed by atoms with Crippen LogP contribution in [0.1, 0.15) is 102 Å². The Morgan fingerprint density at radius 1 is 0.500 bits per heavy atom. The first kappa shape index (κ1) is 50.6. The highest BCUT2D eigenvalue weighted by Crippen LogP contribution is 2.38. The molecule has 0 fully saturated rings. The first-order valence-corrected chi connectivity index (χ1v) is 27.3. The van der Waals surface area contributed by atoms with E-state index < -0.39 is 28.8 Å². The van der Waals surface area contributed by atoms with E-state index in [0.717, 1.165) is 22.3 Å². The highest BCUT2D eigenvalue weighted by atomic mass is 35.5. The van der Waals surface area contributed by atoms with Gasteiger partial charge in [-0.3, -0.25) is 0 Å². The maximum atomic E-state index is 11.1. The van der Waals surface area contributed by atoms with E-state index in [2.05, 4.69) is 92.2 Å². The van der Waals surface area contributed by atoms with Crippen molar-refractivity contribution in [2.24, 2.45) is 0 Å². The van der Waals surface area contributed by atoms with E-state index in [4.69, 9.17) is 55.3 Å². The maximum Gasteiger partial charge on any atom is 0.192 e. The van der Waals surface area contributed by atoms with Gasteiger partial charge >= 0.3 is 0 Å². The summed E-state index contributed by atoms with van der Waals surface area (Å²) in [6.45, 7) is 27.7. The molecule has 0 amide bonds. The Labute approximate surface area is 371 Å². The highest BCUT2D eigenvalue weighted by Gasteiger charge is 2.39. The van der Waals surface area contributed by atoms with Gasteiger partial charge in [0.2, 0.25) is 0 Å². The molecule has 6 nitrogen and oxygen atoms in total. The first-order valence-electron chi connectivity index (χ1n) is 20.0. The number of benzene rings is 4. The standard InChI is InChI=1S/2C23H33Cl2NO2Si/c2*1-16(15-28-29(5,6)23(2,3)4)26-21(17-10-12-19(24)13-11-17)22(27)18-8-7-9-20(25)14-18/h2*7-14,16,21-22,26-27H,15H2,1-6H3/t16-,21+,22+;16-,21-,22-/m01/s1. The highest BCUT2D eigenvalue weighted by molar-refractivity contribution is 6.74. The van der Waals surface area contributed by atoms with Crippen molar-refractivity contribution in [3.63, 3.8) is 0 Å². The van der Waals surface area contributed by atoms with Crippen molar-refractivity contribution in [2.75, 3.05) is 13.2 Å². The first-order chi connectivity index (χ1) is 26.8. The summed E-state index contributed by atoms with van der Waals surface area (Å²) in [6.07, 6.45) is -1.52. The summed E-state index contributed by atoms with van der Waals surface area (Å²) < 4.78 is 12.7. The molecule has 0 saturated carbocycles. The monoisotopic (exact) mass is 906 g/mol. The molecule has 0 heterocycles. The fraction of sp³-hybridized carbons (Fsp3) is 0.478. The molecule has 0 saturated heterocycles. The van der Waals surface area contributed by atoms with E-state index in [9.17, 15) is 10.2 Å². The summed E-state index contributed by atoms with van der Waals surface area (Å²) in [4.78, 5) is 0. The maximum absolute atomic E-state index is 11.1. The lowest BCUT2D eigenvalue weighted by atomic mass is 9.95. The van der Waals surface area contributed by atoms with Crippen molar-refractivity contribution in [1.29, 1.82) is 0 Å². The molecule has 6 atom stereocenters. The van der Waals surface area contributed by atoms with Gasteiger partial charge in [0.1, 0.15) is 0 Å². The average molecular weight is 909 g/mol. The number of aliphatic hydroxyl groups is 2. The minimum absolute atomic E-state index is 0.0543. The molecule has 4 rings (SSSR count). The third-order valence-corrected chi connectivity index (χ3v) is 21.4. The molecule has 4 aromatic carbocycles. The summed E-state index contributed by atoms with van der Waals surface area (Å²) in [7, 11) is -3.68. The van der Waals surface area contributed by atoms with Crippen LogP contribution >= 0.6 is 46.4 Å². The third-order valence-electron chi connectivity index (χ3n) is 11.4. The number of hydrogen-bond donors (Lipinski definition) is 4. The minimum atomic E-state index is -1.84. The molecule has 320 valence electrons. The van der Waals surface area contributed by atoms with Gasteiger partial charge in [0.15, 0.2) is 16.6 Å². The van der Waals surface area contributed by atoms with Crippen molar-refractivity contribution in [3.05, 3.63) is 139 Å². The largest absolute Gasteiger partial charge is 0.415 e. The fourth-order valence-electron chi connectivity index (χ4n) is 5.65. The van der Waals surface area contributed by atoms with Crippen LogP contribution in [0.4, 0.5) is 0 Å². The van der Waals surface area contributed by atoms with Gasteiger partial charge in [0.05, 0.1) is 24.3 Å². The van der Waals surface area contributed by atoms with Crippen LogP contribution in [0.25, 0.3) is 0 Å². The Morgan fingerprint density at radius 3 is 1.09 bits per heavy atom. The van der Waals surface area contributed by atoms with Gasteiger partial charge in [0, 0.05) is 45.4 Å². The molecular weight excluding hydrogens is 842 g/mol. The summed E-state index contributed by atoms with van der Waals surface area (Å²) >= 11 is 24.4. The zero-order chi connectivity index (χ0) is 43.6. The van der Waals surface area contributed by atoms with Crippen molar-refractivity contribution in [2.45, 2.75) is 128 Å². The molecule has 0 aliphatic rings. The molecule has 0 bridgehead atoms. The van der Waals surface area contributed by atoms with Crippen LogP contribution in [0, 0.1) is 0 Å². The molecule has 0 aliphatic carbocycles. The van der Waals surface area contributed by atoms with Gasteiger partial charge in [-0.25, -0.2) is 0 Å². The predicted molar refractivity (Wildman–Crippen MR) is 253 cm³/mol. The van der Waals surface area contributed by atoms with Crippen molar-refractivity contribution in [1.82, 2.24) is 10.6 Å². The number of hydrogen-bond acceptors (Lipinski definition) is 6. The lowest BCUT2D eigenvalue weighted by molar-refractivity contribution is 0.115. The Balaban J connectivity index is 0.000000310. The number of aliphatic hydroxyl groups excluding tert-OH is 2. The summed E-state index contributed by atoms with van der Waals surface area (Å²) in [5.74, 6) is 0. The minimum Gasteiger partial charge on any atom is -0.415 e. The van der Waals surface area contributed by atoms with Crippen molar-refractivity contribution >= 4 is 63.0 Å². The second-order valence-electron chi connectivity index (χ2n) is 18.3. The Bertz CT molecular complexity index is 1720. The molecule has 0 radical (unpaired) electrons. The smallest absolute Gasteiger partial charge is 0.192 e. The second kappa shape index (κ2) is 21.8. The molecule has 0 unspecified atom stereocenters. The van der Waals surface area contributed by atoms with Gasteiger partial charge in [-0.1, -0.05) is 136 Å². The van der Waals surface area contributed by atoms with Crippen LogP contribution in [0.15, 0.2) is 97.1 Å². The third kappa shape index (κ3) is 15.3. The number of rotatable bonds is 16. The van der Waals surface area contributed by atoms with E-state index >= 15 is 0 Å². The number of nitrogens with one attached hydrogen (secondary N) is 2. The van der Waals surface area contributed by atoms with Crippen molar-refractivity contribution < 1.29 is 19.1 Å². The van der Waals surface area contributed by atoms with Crippen LogP contribution in [-0.2, 0) is 8.85 Å². The van der Waals surface area contributed by atoms with Crippen LogP contribution in [-0.4, -0.2) is 52.1 Å².